The lowest BCUT2D eigenvalue weighted by Gasteiger charge is -2.31. The van der Waals surface area contributed by atoms with Crippen molar-refractivity contribution in [1.82, 2.24) is 9.62 Å². The van der Waals surface area contributed by atoms with Gasteiger partial charge in [0, 0.05) is 18.5 Å². The summed E-state index contributed by atoms with van der Waals surface area (Å²) in [6.07, 6.45) is 1.48. The number of aromatic hydroxyl groups is 1. The highest BCUT2D eigenvalue weighted by Gasteiger charge is 2.43. The van der Waals surface area contributed by atoms with Crippen LogP contribution in [0.5, 0.6) is 5.75 Å². The van der Waals surface area contributed by atoms with Gasteiger partial charge in [-0.25, -0.2) is 13.2 Å². The van der Waals surface area contributed by atoms with Crippen LogP contribution in [-0.4, -0.2) is 57.7 Å². The van der Waals surface area contributed by atoms with Crippen molar-refractivity contribution >= 4 is 48.9 Å². The van der Waals surface area contributed by atoms with Gasteiger partial charge in [0.2, 0.25) is 4.91 Å². The number of hydrogen-bond donors (Lipinski definition) is 3. The highest BCUT2D eigenvalue weighted by molar-refractivity contribution is 7.95. The summed E-state index contributed by atoms with van der Waals surface area (Å²) in [6, 6.07) is 2.76. The number of sulfonamides is 2. The minimum absolute atomic E-state index is 0.0744. The van der Waals surface area contributed by atoms with Gasteiger partial charge in [-0.2, -0.15) is 12.7 Å². The maximum atomic E-state index is 13.1. The van der Waals surface area contributed by atoms with Crippen LogP contribution in [0, 0.1) is 12.3 Å². The van der Waals surface area contributed by atoms with E-state index >= 15 is 0 Å². The van der Waals surface area contributed by atoms with Crippen molar-refractivity contribution in [3.63, 3.8) is 0 Å². The monoisotopic (exact) mass is 600 g/mol. The van der Waals surface area contributed by atoms with Gasteiger partial charge >= 0.3 is 5.97 Å². The van der Waals surface area contributed by atoms with Crippen molar-refractivity contribution in [1.29, 1.82) is 0 Å². The molecule has 12 nitrogen and oxygen atoms in total. The fourth-order valence-electron chi connectivity index (χ4n) is 4.04. The smallest absolute Gasteiger partial charge is 0.354 e. The molecule has 1 saturated carbocycles. The van der Waals surface area contributed by atoms with E-state index in [1.807, 2.05) is 20.8 Å². The number of aryl methyl sites for hydroxylation is 1. The molecule has 0 amide bonds. The molecule has 214 valence electrons. The Morgan fingerprint density at radius 2 is 2.00 bits per heavy atom. The second-order valence-electron chi connectivity index (χ2n) is 10.4. The first kappa shape index (κ1) is 29.1. The Morgan fingerprint density at radius 3 is 2.54 bits per heavy atom. The van der Waals surface area contributed by atoms with E-state index in [1.54, 1.807) is 26.0 Å². The largest absolute Gasteiger partial charge is 0.504 e. The molecule has 1 aliphatic carbocycles. The van der Waals surface area contributed by atoms with Crippen molar-refractivity contribution in [3.05, 3.63) is 39.6 Å². The van der Waals surface area contributed by atoms with E-state index in [2.05, 4.69) is 15.0 Å². The van der Waals surface area contributed by atoms with Crippen molar-refractivity contribution in [3.8, 4) is 5.75 Å². The van der Waals surface area contributed by atoms with Crippen LogP contribution in [0.1, 0.15) is 58.1 Å². The Morgan fingerprint density at radius 1 is 1.33 bits per heavy atom. The molecule has 3 N–H and O–H groups in total. The summed E-state index contributed by atoms with van der Waals surface area (Å²) in [4.78, 5) is 12.1. The summed E-state index contributed by atoms with van der Waals surface area (Å²) >= 11 is 0.784. The molecule has 1 atom stereocenters. The highest BCUT2D eigenvalue weighted by Crippen LogP contribution is 2.42. The number of rotatable bonds is 9. The number of ether oxygens (including phenoxy) is 1. The molecule has 0 unspecified atom stereocenters. The predicted molar refractivity (Wildman–Crippen MR) is 146 cm³/mol. The lowest BCUT2D eigenvalue weighted by Crippen LogP contribution is -2.36. The van der Waals surface area contributed by atoms with E-state index in [0.717, 1.165) is 24.2 Å². The second kappa shape index (κ2) is 10.3. The van der Waals surface area contributed by atoms with Crippen LogP contribution in [0.25, 0.3) is 0 Å². The van der Waals surface area contributed by atoms with E-state index in [-0.39, 0.29) is 34.1 Å². The molecule has 4 rings (SSSR count). The zero-order chi connectivity index (χ0) is 28.9. The molecule has 39 heavy (non-hydrogen) atoms. The number of amidine groups is 1. The molecule has 0 bridgehead atoms. The summed E-state index contributed by atoms with van der Waals surface area (Å²) in [7, 11) is -7.03. The third kappa shape index (κ3) is 5.71. The molecular weight excluding hydrogens is 568 g/mol. The average Bonchev–Trinajstić information content (AvgIpc) is 3.40. The van der Waals surface area contributed by atoms with Crippen molar-refractivity contribution in [2.45, 2.75) is 63.8 Å². The average molecular weight is 601 g/mol. The molecule has 0 aromatic carbocycles. The fourth-order valence-corrected chi connectivity index (χ4v) is 8.01. The number of anilines is 1. The third-order valence-corrected chi connectivity index (χ3v) is 11.0. The number of carbonyl (C=O) groups is 1. The zero-order valence-corrected chi connectivity index (χ0v) is 24.9. The summed E-state index contributed by atoms with van der Waals surface area (Å²) in [5, 5.41) is 18.0. The molecule has 2 aromatic heterocycles. The SMILES string of the molecule is CCOC(=O)C1=C(N[C@@H](c2ccc(C)o2)C(C)(C)C)C(Nc2csc(S(=O)(=O)N(C)C3CC3)c2O)=NS1(=O)=O. The van der Waals surface area contributed by atoms with Crippen LogP contribution >= 0.6 is 11.3 Å². The number of thiophene rings is 1. The van der Waals surface area contributed by atoms with Gasteiger partial charge < -0.3 is 24.9 Å². The number of hydrogen-bond acceptors (Lipinski definition) is 11. The van der Waals surface area contributed by atoms with Gasteiger partial charge in [-0.05, 0) is 44.2 Å². The van der Waals surface area contributed by atoms with Crippen LogP contribution in [0.15, 0.2) is 41.1 Å². The van der Waals surface area contributed by atoms with Gasteiger partial charge in [-0.15, -0.1) is 15.7 Å². The maximum absolute atomic E-state index is 13.1. The molecule has 2 aliphatic rings. The fraction of sp³-hybridized carbons (Fsp3) is 0.500. The van der Waals surface area contributed by atoms with Gasteiger partial charge in [0.25, 0.3) is 20.0 Å². The number of esters is 1. The molecule has 0 radical (unpaired) electrons. The first-order valence-corrected chi connectivity index (χ1v) is 16.0. The van der Waals surface area contributed by atoms with Crippen LogP contribution in [-0.2, 0) is 29.6 Å². The molecule has 1 fully saturated rings. The Labute approximate surface area is 231 Å². The van der Waals surface area contributed by atoms with Crippen LogP contribution in [0.4, 0.5) is 5.69 Å². The molecule has 0 saturated heterocycles. The Balaban J connectivity index is 1.77. The van der Waals surface area contributed by atoms with Gasteiger partial charge in [0.1, 0.15) is 17.2 Å². The minimum atomic E-state index is -4.51. The van der Waals surface area contributed by atoms with Crippen LogP contribution < -0.4 is 10.6 Å². The van der Waals surface area contributed by atoms with Crippen LogP contribution in [0.2, 0.25) is 0 Å². The third-order valence-electron chi connectivity index (χ3n) is 6.25. The Kier molecular flexibility index (Phi) is 7.66. The van der Waals surface area contributed by atoms with Gasteiger partial charge in [-0.3, -0.25) is 0 Å². The standard InChI is InChI=1S/C24H32N4O8S3/c1-7-35-22(30)19-17(26-20(24(3,4)5)16-11-8-13(2)36-16)21(27-38(19,31)32)25-15-12-37-23(18(15)29)39(33,34)28(6)14-9-10-14/h8,11-12,14,20,26,29H,7,9-10H2,1-6H3,(H,25,27)/t20-/m0/s1. The lowest BCUT2D eigenvalue weighted by atomic mass is 9.85. The second-order valence-corrected chi connectivity index (χ2v) is 15.0. The highest BCUT2D eigenvalue weighted by atomic mass is 32.2. The molecule has 15 heteroatoms. The normalized spacial score (nSPS) is 18.3. The summed E-state index contributed by atoms with van der Waals surface area (Å²) in [6.45, 7) is 8.94. The van der Waals surface area contributed by atoms with E-state index in [1.165, 1.54) is 16.7 Å². The molecule has 2 aromatic rings. The molecular formula is C24H32N4O8S3. The number of carbonyl (C=O) groups excluding carboxylic acids is 1. The molecule has 0 spiro atoms. The van der Waals surface area contributed by atoms with Crippen molar-refractivity contribution < 1.29 is 35.9 Å². The van der Waals surface area contributed by atoms with E-state index in [4.69, 9.17) is 9.15 Å². The molecule has 1 aliphatic heterocycles. The van der Waals surface area contributed by atoms with Crippen molar-refractivity contribution in [2.24, 2.45) is 9.81 Å². The number of furan rings is 1. The van der Waals surface area contributed by atoms with Crippen molar-refractivity contribution in [2.75, 3.05) is 19.0 Å². The maximum Gasteiger partial charge on any atom is 0.354 e. The van der Waals surface area contributed by atoms with E-state index in [0.29, 0.717) is 11.5 Å². The number of nitrogens with one attached hydrogen (secondary N) is 2. The molecule has 3 heterocycles. The number of nitrogens with zero attached hydrogens (tertiary/aromatic N) is 2. The van der Waals surface area contributed by atoms with Gasteiger partial charge in [0.05, 0.1) is 18.3 Å². The summed E-state index contributed by atoms with van der Waals surface area (Å²) in [5.41, 5.74) is -0.803. The van der Waals surface area contributed by atoms with E-state index < -0.39 is 48.1 Å². The lowest BCUT2D eigenvalue weighted by molar-refractivity contribution is -0.137. The first-order valence-electron chi connectivity index (χ1n) is 12.2. The van der Waals surface area contributed by atoms with Gasteiger partial charge in [0.15, 0.2) is 15.8 Å². The van der Waals surface area contributed by atoms with Crippen LogP contribution in [0.3, 0.4) is 0 Å². The Bertz CT molecular complexity index is 1560. The van der Waals surface area contributed by atoms with Gasteiger partial charge in [-0.1, -0.05) is 20.8 Å². The quantitative estimate of drug-likeness (QED) is 0.363. The topological polar surface area (TPSA) is 168 Å². The minimum Gasteiger partial charge on any atom is -0.504 e. The predicted octanol–water partition coefficient (Wildman–Crippen LogP) is 3.44. The Hall–Kier alpha value is -2.88. The zero-order valence-electron chi connectivity index (χ0n) is 22.4. The first-order chi connectivity index (χ1) is 18.1. The summed E-state index contributed by atoms with van der Waals surface area (Å²) < 4.78 is 67.7. The summed E-state index contributed by atoms with van der Waals surface area (Å²) in [5.74, 6) is -0.851. The van der Waals surface area contributed by atoms with E-state index in [9.17, 15) is 26.7 Å².